The quantitative estimate of drug-likeness (QED) is 0.744. The summed E-state index contributed by atoms with van der Waals surface area (Å²) in [4.78, 5) is 27.2. The summed E-state index contributed by atoms with van der Waals surface area (Å²) in [7, 11) is 0. The van der Waals surface area contributed by atoms with Crippen LogP contribution in [0.4, 0.5) is 0 Å². The highest BCUT2D eigenvalue weighted by atomic mass is 16.5. The molecule has 0 bridgehead atoms. The Kier molecular flexibility index (Phi) is 5.43. The van der Waals surface area contributed by atoms with Gasteiger partial charge in [0.1, 0.15) is 5.75 Å². The summed E-state index contributed by atoms with van der Waals surface area (Å²) in [5, 5.41) is 2.94. The Morgan fingerprint density at radius 2 is 1.84 bits per heavy atom. The van der Waals surface area contributed by atoms with Crippen molar-refractivity contribution in [2.45, 2.75) is 45.1 Å². The number of nitrogens with zero attached hydrogens (tertiary/aromatic N) is 1. The minimum Gasteiger partial charge on any atom is -0.484 e. The summed E-state index contributed by atoms with van der Waals surface area (Å²) in [6.45, 7) is 3.59. The maximum atomic E-state index is 13.1. The van der Waals surface area contributed by atoms with Crippen molar-refractivity contribution < 1.29 is 14.3 Å². The van der Waals surface area contributed by atoms with Gasteiger partial charge in [-0.1, -0.05) is 35.9 Å². The number of rotatable bonds is 7. The van der Waals surface area contributed by atoms with E-state index < -0.39 is 0 Å². The molecular weight excluding hydrogens is 388 g/mol. The van der Waals surface area contributed by atoms with E-state index >= 15 is 0 Å². The summed E-state index contributed by atoms with van der Waals surface area (Å²) in [6, 6.07) is 14.4. The monoisotopic (exact) mass is 418 g/mol. The summed E-state index contributed by atoms with van der Waals surface area (Å²) in [5.41, 5.74) is 4.69. The van der Waals surface area contributed by atoms with Crippen LogP contribution in [0.1, 0.15) is 54.0 Å². The highest BCUT2D eigenvalue weighted by molar-refractivity contribution is 5.82. The van der Waals surface area contributed by atoms with Crippen molar-refractivity contribution in [3.05, 3.63) is 64.7 Å². The number of fused-ring (bicyclic) bond motifs is 1. The first-order chi connectivity index (χ1) is 15.1. The third-order valence-electron chi connectivity index (χ3n) is 6.60. The van der Waals surface area contributed by atoms with Gasteiger partial charge in [0.25, 0.3) is 5.91 Å². The zero-order valence-corrected chi connectivity index (χ0v) is 18.1. The van der Waals surface area contributed by atoms with Gasteiger partial charge in [-0.25, -0.2) is 0 Å². The van der Waals surface area contributed by atoms with Crippen LogP contribution in [-0.4, -0.2) is 36.4 Å². The van der Waals surface area contributed by atoms with E-state index in [-0.39, 0.29) is 30.4 Å². The molecule has 3 aliphatic rings. The van der Waals surface area contributed by atoms with Crippen LogP contribution in [-0.2, 0) is 16.0 Å². The summed E-state index contributed by atoms with van der Waals surface area (Å²) < 4.78 is 5.83. The van der Waals surface area contributed by atoms with Crippen molar-refractivity contribution in [3.8, 4) is 5.75 Å². The van der Waals surface area contributed by atoms with Gasteiger partial charge in [0.2, 0.25) is 5.91 Å². The molecule has 0 radical (unpaired) electrons. The highest BCUT2D eigenvalue weighted by Gasteiger charge is 2.39. The largest absolute Gasteiger partial charge is 0.484 e. The number of ether oxygens (including phenoxy) is 1. The smallest absolute Gasteiger partial charge is 0.257 e. The average Bonchev–Trinajstić information content (AvgIpc) is 3.69. The van der Waals surface area contributed by atoms with Crippen molar-refractivity contribution in [1.29, 1.82) is 0 Å². The number of amides is 2. The molecule has 5 nitrogen and oxygen atoms in total. The first-order valence-electron chi connectivity index (χ1n) is 11.5. The van der Waals surface area contributed by atoms with Crippen LogP contribution in [0.2, 0.25) is 0 Å². The zero-order chi connectivity index (χ0) is 21.4. The highest BCUT2D eigenvalue weighted by Crippen LogP contribution is 2.41. The molecule has 1 heterocycles. The van der Waals surface area contributed by atoms with E-state index in [4.69, 9.17) is 4.74 Å². The predicted molar refractivity (Wildman–Crippen MR) is 119 cm³/mol. The maximum Gasteiger partial charge on any atom is 0.257 e. The standard InChI is InChI=1S/C26H30N2O3/c1-17-2-6-20(7-3-17)25-23-14-22(31-16-24(29)27-15-18-4-5-18)11-10-19(23)12-13-28(25)26(30)21-8-9-21/h2-3,6-7,10-11,14,18,21,25H,4-5,8-9,12-13,15-16H2,1H3,(H,27,29)/t25-/m0/s1. The normalized spacial score (nSPS) is 20.2. The van der Waals surface area contributed by atoms with E-state index in [1.165, 1.54) is 24.0 Å². The Labute approximate surface area is 183 Å². The Morgan fingerprint density at radius 3 is 2.55 bits per heavy atom. The molecule has 0 spiro atoms. The van der Waals surface area contributed by atoms with E-state index in [0.717, 1.165) is 43.5 Å². The van der Waals surface area contributed by atoms with E-state index in [0.29, 0.717) is 11.7 Å². The lowest BCUT2D eigenvalue weighted by Crippen LogP contribution is -2.41. The fourth-order valence-corrected chi connectivity index (χ4v) is 4.37. The van der Waals surface area contributed by atoms with Gasteiger partial charge in [0.05, 0.1) is 6.04 Å². The van der Waals surface area contributed by atoms with Gasteiger partial charge < -0.3 is 15.0 Å². The van der Waals surface area contributed by atoms with Crippen molar-refractivity contribution in [2.24, 2.45) is 11.8 Å². The number of benzene rings is 2. The number of aryl methyl sites for hydroxylation is 1. The first-order valence-corrected chi connectivity index (χ1v) is 11.5. The molecule has 5 heteroatoms. The number of hydrogen-bond acceptors (Lipinski definition) is 3. The number of hydrogen-bond donors (Lipinski definition) is 1. The molecule has 1 aliphatic heterocycles. The lowest BCUT2D eigenvalue weighted by molar-refractivity contribution is -0.134. The van der Waals surface area contributed by atoms with Crippen molar-refractivity contribution >= 4 is 11.8 Å². The number of nitrogens with one attached hydrogen (secondary N) is 1. The molecule has 5 rings (SSSR count). The van der Waals surface area contributed by atoms with Gasteiger partial charge in [-0.15, -0.1) is 0 Å². The lowest BCUT2D eigenvalue weighted by atomic mass is 9.87. The Morgan fingerprint density at radius 1 is 1.06 bits per heavy atom. The van der Waals surface area contributed by atoms with Crippen LogP contribution in [0.5, 0.6) is 5.75 Å². The first kappa shape index (κ1) is 20.1. The third kappa shape index (κ3) is 4.60. The molecule has 162 valence electrons. The summed E-state index contributed by atoms with van der Waals surface area (Å²) >= 11 is 0. The minimum atomic E-state index is -0.107. The lowest BCUT2D eigenvalue weighted by Gasteiger charge is -2.38. The molecule has 0 unspecified atom stereocenters. The molecule has 1 N–H and O–H groups in total. The van der Waals surface area contributed by atoms with E-state index in [2.05, 4.69) is 47.5 Å². The van der Waals surface area contributed by atoms with Gasteiger partial charge in [-0.05, 0) is 73.8 Å². The molecule has 2 fully saturated rings. The van der Waals surface area contributed by atoms with E-state index in [9.17, 15) is 9.59 Å². The van der Waals surface area contributed by atoms with Crippen LogP contribution >= 0.6 is 0 Å². The van der Waals surface area contributed by atoms with Gasteiger partial charge in [0.15, 0.2) is 6.61 Å². The molecule has 2 saturated carbocycles. The average molecular weight is 419 g/mol. The minimum absolute atomic E-state index is 0.0193. The van der Waals surface area contributed by atoms with Crippen LogP contribution in [0.25, 0.3) is 0 Å². The topological polar surface area (TPSA) is 58.6 Å². The van der Waals surface area contributed by atoms with E-state index in [1.54, 1.807) is 0 Å². The van der Waals surface area contributed by atoms with Gasteiger partial charge in [-0.3, -0.25) is 9.59 Å². The Balaban J connectivity index is 1.38. The van der Waals surface area contributed by atoms with Crippen LogP contribution in [0, 0.1) is 18.8 Å². The SMILES string of the molecule is Cc1ccc([C@H]2c3cc(OCC(=O)NCC4CC4)ccc3CCN2C(=O)C2CC2)cc1. The number of carbonyl (C=O) groups excluding carboxylic acids is 2. The second-order valence-electron chi connectivity index (χ2n) is 9.27. The molecule has 2 aromatic carbocycles. The maximum absolute atomic E-state index is 13.1. The summed E-state index contributed by atoms with van der Waals surface area (Å²) in [6.07, 6.45) is 5.27. The van der Waals surface area contributed by atoms with E-state index in [1.807, 2.05) is 12.1 Å². The van der Waals surface area contributed by atoms with Gasteiger partial charge >= 0.3 is 0 Å². The number of carbonyl (C=O) groups is 2. The molecule has 2 aromatic rings. The van der Waals surface area contributed by atoms with Crippen LogP contribution in [0.3, 0.4) is 0 Å². The molecule has 2 aliphatic carbocycles. The van der Waals surface area contributed by atoms with Crippen LogP contribution < -0.4 is 10.1 Å². The zero-order valence-electron chi connectivity index (χ0n) is 18.1. The second-order valence-corrected chi connectivity index (χ2v) is 9.27. The molecule has 2 amide bonds. The molecule has 31 heavy (non-hydrogen) atoms. The fraction of sp³-hybridized carbons (Fsp3) is 0.462. The fourth-order valence-electron chi connectivity index (χ4n) is 4.37. The molecular formula is C26H30N2O3. The summed E-state index contributed by atoms with van der Waals surface area (Å²) in [5.74, 6) is 1.70. The van der Waals surface area contributed by atoms with Gasteiger partial charge in [-0.2, -0.15) is 0 Å². The van der Waals surface area contributed by atoms with Crippen LogP contribution in [0.15, 0.2) is 42.5 Å². The van der Waals surface area contributed by atoms with Crippen molar-refractivity contribution in [1.82, 2.24) is 10.2 Å². The van der Waals surface area contributed by atoms with Gasteiger partial charge in [0, 0.05) is 19.0 Å². The molecule has 1 atom stereocenters. The van der Waals surface area contributed by atoms with Crippen molar-refractivity contribution in [2.75, 3.05) is 19.7 Å². The second kappa shape index (κ2) is 8.37. The Hall–Kier alpha value is -2.82. The Bertz CT molecular complexity index is 977. The third-order valence-corrected chi connectivity index (χ3v) is 6.60. The molecule has 0 saturated heterocycles. The predicted octanol–water partition coefficient (Wildman–Crippen LogP) is 3.78. The molecule has 0 aromatic heterocycles. The van der Waals surface area contributed by atoms with Crippen molar-refractivity contribution in [3.63, 3.8) is 0 Å².